The molecule has 0 aliphatic carbocycles. The Morgan fingerprint density at radius 2 is 2.00 bits per heavy atom. The molecule has 1 N–H and O–H groups in total. The minimum atomic E-state index is -0.320. The van der Waals surface area contributed by atoms with E-state index in [0.717, 1.165) is 16.1 Å². The molecule has 0 fully saturated rings. The summed E-state index contributed by atoms with van der Waals surface area (Å²) < 4.78 is 4.73. The molecule has 21 heavy (non-hydrogen) atoms. The molecular weight excluding hydrogens is 286 g/mol. The van der Waals surface area contributed by atoms with Crippen molar-refractivity contribution in [2.75, 3.05) is 7.11 Å². The van der Waals surface area contributed by atoms with E-state index in [0.29, 0.717) is 12.1 Å². The summed E-state index contributed by atoms with van der Waals surface area (Å²) in [6.07, 6.45) is 0. The zero-order valence-corrected chi connectivity index (χ0v) is 12.9. The maximum Gasteiger partial charge on any atom is 0.337 e. The number of carbonyl (C=O) groups excluding carboxylic acids is 1. The lowest BCUT2D eigenvalue weighted by Gasteiger charge is -2.15. The maximum atomic E-state index is 11.5. The Balaban J connectivity index is 2.01. The number of nitrogens with one attached hydrogen (secondary N) is 1. The molecule has 2 aromatic rings. The highest BCUT2D eigenvalue weighted by Gasteiger charge is 2.08. The molecule has 0 aliphatic heterocycles. The Kier molecular flexibility index (Phi) is 5.37. The predicted molar refractivity (Wildman–Crippen MR) is 84.5 cm³/mol. The van der Waals surface area contributed by atoms with Crippen molar-refractivity contribution in [2.45, 2.75) is 19.5 Å². The Labute approximate surface area is 129 Å². The smallest absolute Gasteiger partial charge is 0.337 e. The van der Waals surface area contributed by atoms with Crippen molar-refractivity contribution in [1.29, 1.82) is 0 Å². The first-order valence-corrected chi connectivity index (χ1v) is 7.14. The predicted octanol–water partition coefficient (Wildman–Crippen LogP) is 3.98. The van der Waals surface area contributed by atoms with Gasteiger partial charge in [-0.15, -0.1) is 0 Å². The number of benzene rings is 2. The van der Waals surface area contributed by atoms with Crippen molar-refractivity contribution >= 4 is 17.6 Å². The Hall–Kier alpha value is -1.84. The van der Waals surface area contributed by atoms with Gasteiger partial charge in [0.15, 0.2) is 0 Å². The molecular formula is C17H18ClNO2. The van der Waals surface area contributed by atoms with Crippen LogP contribution in [-0.2, 0) is 11.3 Å². The zero-order valence-electron chi connectivity index (χ0n) is 12.1. The fourth-order valence-electron chi connectivity index (χ4n) is 2.09. The van der Waals surface area contributed by atoms with Crippen LogP contribution in [0.5, 0.6) is 0 Å². The molecule has 3 nitrogen and oxygen atoms in total. The van der Waals surface area contributed by atoms with E-state index >= 15 is 0 Å². The fraction of sp³-hybridized carbons (Fsp3) is 0.235. The van der Waals surface area contributed by atoms with Gasteiger partial charge in [-0.25, -0.2) is 4.79 Å². The van der Waals surface area contributed by atoms with E-state index in [1.807, 2.05) is 42.5 Å². The minimum Gasteiger partial charge on any atom is -0.465 e. The van der Waals surface area contributed by atoms with Crippen molar-refractivity contribution in [2.24, 2.45) is 0 Å². The third-order valence-corrected chi connectivity index (χ3v) is 3.54. The van der Waals surface area contributed by atoms with Gasteiger partial charge in [0.25, 0.3) is 0 Å². The van der Waals surface area contributed by atoms with Gasteiger partial charge in [0.1, 0.15) is 0 Å². The normalized spacial score (nSPS) is 12.0. The van der Waals surface area contributed by atoms with Crippen molar-refractivity contribution in [3.63, 3.8) is 0 Å². The summed E-state index contributed by atoms with van der Waals surface area (Å²) in [7, 11) is 1.38. The van der Waals surface area contributed by atoms with Gasteiger partial charge in [0.05, 0.1) is 12.7 Å². The summed E-state index contributed by atoms with van der Waals surface area (Å²) in [5.74, 6) is -0.320. The van der Waals surface area contributed by atoms with Gasteiger partial charge in [0, 0.05) is 17.6 Å². The van der Waals surface area contributed by atoms with E-state index in [4.69, 9.17) is 16.3 Å². The molecule has 2 aromatic carbocycles. The van der Waals surface area contributed by atoms with E-state index in [-0.39, 0.29) is 12.0 Å². The van der Waals surface area contributed by atoms with Gasteiger partial charge >= 0.3 is 5.97 Å². The molecule has 0 radical (unpaired) electrons. The number of carbonyl (C=O) groups is 1. The van der Waals surface area contributed by atoms with E-state index in [1.165, 1.54) is 7.11 Å². The molecule has 1 unspecified atom stereocenters. The number of halogens is 1. The van der Waals surface area contributed by atoms with Crippen molar-refractivity contribution in [3.8, 4) is 0 Å². The molecule has 0 heterocycles. The Morgan fingerprint density at radius 1 is 1.24 bits per heavy atom. The fourth-order valence-corrected chi connectivity index (χ4v) is 2.29. The average molecular weight is 304 g/mol. The summed E-state index contributed by atoms with van der Waals surface area (Å²) in [4.78, 5) is 11.5. The number of hydrogen-bond donors (Lipinski definition) is 1. The largest absolute Gasteiger partial charge is 0.465 e. The SMILES string of the molecule is COC(=O)c1cccc(CNC(C)c2cccc(Cl)c2)c1. The van der Waals surface area contributed by atoms with E-state index < -0.39 is 0 Å². The van der Waals surface area contributed by atoms with Crippen LogP contribution in [0.25, 0.3) is 0 Å². The second-order valence-corrected chi connectivity index (χ2v) is 5.29. The molecule has 0 spiro atoms. The van der Waals surface area contributed by atoms with Crippen LogP contribution in [0.4, 0.5) is 0 Å². The van der Waals surface area contributed by atoms with Crippen LogP contribution in [-0.4, -0.2) is 13.1 Å². The molecule has 4 heteroatoms. The number of rotatable bonds is 5. The number of hydrogen-bond acceptors (Lipinski definition) is 3. The third-order valence-electron chi connectivity index (χ3n) is 3.31. The topological polar surface area (TPSA) is 38.3 Å². The summed E-state index contributed by atoms with van der Waals surface area (Å²) in [5, 5.41) is 4.15. The summed E-state index contributed by atoms with van der Waals surface area (Å²) >= 11 is 6.00. The van der Waals surface area contributed by atoms with Crippen molar-refractivity contribution in [3.05, 3.63) is 70.2 Å². The first-order valence-electron chi connectivity index (χ1n) is 6.76. The highest BCUT2D eigenvalue weighted by Crippen LogP contribution is 2.18. The van der Waals surface area contributed by atoms with E-state index in [9.17, 15) is 4.79 Å². The van der Waals surface area contributed by atoms with Gasteiger partial charge in [0.2, 0.25) is 0 Å². The summed E-state index contributed by atoms with van der Waals surface area (Å²) in [6.45, 7) is 2.74. The standard InChI is InChI=1S/C17H18ClNO2/c1-12(14-6-4-8-16(18)10-14)19-11-13-5-3-7-15(9-13)17(20)21-2/h3-10,12,19H,11H2,1-2H3. The number of esters is 1. The molecule has 0 bridgehead atoms. The van der Waals surface area contributed by atoms with Gasteiger partial charge in [-0.3, -0.25) is 0 Å². The zero-order chi connectivity index (χ0) is 15.2. The first-order chi connectivity index (χ1) is 10.1. The van der Waals surface area contributed by atoms with Crippen LogP contribution in [0.2, 0.25) is 5.02 Å². The summed E-state index contributed by atoms with van der Waals surface area (Å²) in [5.41, 5.74) is 2.73. The number of methoxy groups -OCH3 is 1. The average Bonchev–Trinajstić information content (AvgIpc) is 2.52. The quantitative estimate of drug-likeness (QED) is 0.849. The minimum absolute atomic E-state index is 0.172. The molecule has 2 rings (SSSR count). The van der Waals surface area contributed by atoms with Crippen LogP contribution < -0.4 is 5.32 Å². The molecule has 0 aromatic heterocycles. The van der Waals surface area contributed by atoms with E-state index in [2.05, 4.69) is 12.2 Å². The van der Waals surface area contributed by atoms with Crippen LogP contribution in [0.1, 0.15) is 34.5 Å². The number of ether oxygens (including phenoxy) is 1. The highest BCUT2D eigenvalue weighted by atomic mass is 35.5. The van der Waals surface area contributed by atoms with Crippen LogP contribution >= 0.6 is 11.6 Å². The van der Waals surface area contributed by atoms with Gasteiger partial charge in [-0.05, 0) is 42.3 Å². The lowest BCUT2D eigenvalue weighted by Crippen LogP contribution is -2.18. The second kappa shape index (κ2) is 7.25. The van der Waals surface area contributed by atoms with E-state index in [1.54, 1.807) is 6.07 Å². The van der Waals surface area contributed by atoms with Crippen molar-refractivity contribution in [1.82, 2.24) is 5.32 Å². The first kappa shape index (κ1) is 15.5. The van der Waals surface area contributed by atoms with Crippen molar-refractivity contribution < 1.29 is 9.53 Å². The van der Waals surface area contributed by atoms with Gasteiger partial charge in [-0.2, -0.15) is 0 Å². The Morgan fingerprint density at radius 3 is 2.71 bits per heavy atom. The lowest BCUT2D eigenvalue weighted by atomic mass is 10.1. The summed E-state index contributed by atoms with van der Waals surface area (Å²) in [6, 6.07) is 15.4. The Bertz CT molecular complexity index is 628. The third kappa shape index (κ3) is 4.31. The monoisotopic (exact) mass is 303 g/mol. The van der Waals surface area contributed by atoms with Gasteiger partial charge in [-0.1, -0.05) is 35.9 Å². The second-order valence-electron chi connectivity index (χ2n) is 4.85. The highest BCUT2D eigenvalue weighted by molar-refractivity contribution is 6.30. The molecule has 0 saturated carbocycles. The van der Waals surface area contributed by atoms with Crippen LogP contribution in [0.15, 0.2) is 48.5 Å². The van der Waals surface area contributed by atoms with Gasteiger partial charge < -0.3 is 10.1 Å². The lowest BCUT2D eigenvalue weighted by molar-refractivity contribution is 0.0600. The molecule has 0 amide bonds. The van der Waals surface area contributed by atoms with Crippen LogP contribution in [0, 0.1) is 0 Å². The maximum absolute atomic E-state index is 11.5. The van der Waals surface area contributed by atoms with Crippen LogP contribution in [0.3, 0.4) is 0 Å². The molecule has 1 atom stereocenters. The molecule has 0 saturated heterocycles. The molecule has 110 valence electrons. The molecule has 0 aliphatic rings.